The van der Waals surface area contributed by atoms with Crippen molar-refractivity contribution < 1.29 is 14.2 Å². The molecule has 4 nitrogen and oxygen atoms in total. The van der Waals surface area contributed by atoms with E-state index in [9.17, 15) is 0 Å². The van der Waals surface area contributed by atoms with Crippen molar-refractivity contribution in [2.45, 2.75) is 51.7 Å². The van der Waals surface area contributed by atoms with Gasteiger partial charge in [0.05, 0.1) is 24.4 Å². The van der Waals surface area contributed by atoms with Crippen LogP contribution < -0.4 is 5.73 Å². The van der Waals surface area contributed by atoms with Crippen molar-refractivity contribution in [1.82, 2.24) is 0 Å². The molecule has 0 spiro atoms. The van der Waals surface area contributed by atoms with Crippen molar-refractivity contribution in [2.75, 3.05) is 33.0 Å². The highest BCUT2D eigenvalue weighted by Crippen LogP contribution is 2.19. The van der Waals surface area contributed by atoms with Gasteiger partial charge in [-0.25, -0.2) is 0 Å². The zero-order chi connectivity index (χ0) is 14.8. The van der Waals surface area contributed by atoms with E-state index in [4.69, 9.17) is 26.4 Å². The molecule has 2 N–H and O–H groups in total. The fraction of sp³-hybridized carbons (Fsp3) is 0.867. The molecule has 0 aromatic carbocycles. The van der Waals surface area contributed by atoms with Crippen LogP contribution in [0.2, 0.25) is 0 Å². The van der Waals surface area contributed by atoms with E-state index in [1.165, 1.54) is 0 Å². The highest BCUT2D eigenvalue weighted by molar-refractivity contribution is 4.85. The summed E-state index contributed by atoms with van der Waals surface area (Å²) < 4.78 is 16.8. The van der Waals surface area contributed by atoms with E-state index < -0.39 is 0 Å². The molecule has 0 aromatic heterocycles. The van der Waals surface area contributed by atoms with Crippen LogP contribution in [0.25, 0.3) is 0 Å². The van der Waals surface area contributed by atoms with E-state index in [0.29, 0.717) is 33.0 Å². The van der Waals surface area contributed by atoms with Crippen LogP contribution in [0.15, 0.2) is 0 Å². The van der Waals surface area contributed by atoms with Crippen molar-refractivity contribution in [3.05, 3.63) is 0 Å². The Morgan fingerprint density at radius 3 is 2.11 bits per heavy atom. The predicted molar refractivity (Wildman–Crippen MR) is 78.0 cm³/mol. The van der Waals surface area contributed by atoms with Gasteiger partial charge in [-0.1, -0.05) is 5.92 Å². The minimum atomic E-state index is -0.251. The highest BCUT2D eigenvalue weighted by atomic mass is 16.5. The maximum Gasteiger partial charge on any atom is 0.108 e. The van der Waals surface area contributed by atoms with Gasteiger partial charge < -0.3 is 19.9 Å². The summed E-state index contributed by atoms with van der Waals surface area (Å²) in [6, 6.07) is 0. The molecule has 0 saturated carbocycles. The van der Waals surface area contributed by atoms with Crippen molar-refractivity contribution in [1.29, 1.82) is 0 Å². The van der Waals surface area contributed by atoms with Crippen LogP contribution in [-0.4, -0.2) is 44.2 Å². The molecule has 0 aromatic rings. The Bertz CT molecular complexity index is 269. The zero-order valence-electron chi connectivity index (χ0n) is 12.8. The van der Waals surface area contributed by atoms with E-state index in [1.54, 1.807) is 0 Å². The second-order valence-corrected chi connectivity index (χ2v) is 5.76. The molecule has 0 atom stereocenters. The first-order valence-electron chi connectivity index (χ1n) is 6.82. The average Bonchev–Trinajstić information content (AvgIpc) is 2.32. The molecule has 0 amide bonds. The first kappa shape index (κ1) is 18.4. The minimum Gasteiger partial charge on any atom is -0.380 e. The van der Waals surface area contributed by atoms with E-state index in [0.717, 1.165) is 12.8 Å². The van der Waals surface area contributed by atoms with Crippen LogP contribution in [0.1, 0.15) is 40.5 Å². The number of hydrogen-bond acceptors (Lipinski definition) is 4. The van der Waals surface area contributed by atoms with Gasteiger partial charge in [-0.3, -0.25) is 0 Å². The monoisotopic (exact) mass is 271 g/mol. The van der Waals surface area contributed by atoms with Gasteiger partial charge in [-0.05, 0) is 40.5 Å². The summed E-state index contributed by atoms with van der Waals surface area (Å²) >= 11 is 0. The van der Waals surface area contributed by atoms with Crippen LogP contribution in [-0.2, 0) is 14.2 Å². The Hall–Kier alpha value is -0.600. The summed E-state index contributed by atoms with van der Waals surface area (Å²) in [4.78, 5) is 0. The molecule has 19 heavy (non-hydrogen) atoms. The Morgan fingerprint density at radius 2 is 1.53 bits per heavy atom. The normalized spacial score (nSPS) is 12.4. The molecule has 0 aliphatic carbocycles. The van der Waals surface area contributed by atoms with Gasteiger partial charge in [0.2, 0.25) is 0 Å². The zero-order valence-corrected chi connectivity index (χ0v) is 12.8. The molecule has 112 valence electrons. The molecular weight excluding hydrogens is 242 g/mol. The molecule has 4 heteroatoms. The molecule has 0 saturated heterocycles. The number of terminal acetylenes is 1. The number of hydrogen-bond donors (Lipinski definition) is 1. The number of ether oxygens (including phenoxy) is 3. The smallest absolute Gasteiger partial charge is 0.108 e. The van der Waals surface area contributed by atoms with Crippen molar-refractivity contribution in [3.63, 3.8) is 0 Å². The van der Waals surface area contributed by atoms with Gasteiger partial charge >= 0.3 is 0 Å². The standard InChI is InChI=1S/C15H29NO3/c1-6-10-18-15(4,5)8-12-19-14(2,3)7-11-17-13-9-16/h1H,7-13,16H2,2-5H3. The molecule has 0 aliphatic rings. The summed E-state index contributed by atoms with van der Waals surface area (Å²) in [5.41, 5.74) is 4.91. The summed E-state index contributed by atoms with van der Waals surface area (Å²) in [5.74, 6) is 2.48. The number of nitrogens with two attached hydrogens (primary N) is 1. The van der Waals surface area contributed by atoms with E-state index in [-0.39, 0.29) is 11.2 Å². The van der Waals surface area contributed by atoms with Gasteiger partial charge in [-0.2, -0.15) is 0 Å². The second-order valence-electron chi connectivity index (χ2n) is 5.76. The molecule has 0 radical (unpaired) electrons. The Balaban J connectivity index is 3.81. The van der Waals surface area contributed by atoms with Crippen LogP contribution in [0.4, 0.5) is 0 Å². The summed E-state index contributed by atoms with van der Waals surface area (Å²) in [5, 5.41) is 0. The lowest BCUT2D eigenvalue weighted by Gasteiger charge is -2.29. The topological polar surface area (TPSA) is 53.7 Å². The van der Waals surface area contributed by atoms with Gasteiger partial charge in [0.15, 0.2) is 0 Å². The Kier molecular flexibility index (Phi) is 9.03. The molecule has 0 rings (SSSR count). The van der Waals surface area contributed by atoms with Crippen molar-refractivity contribution >= 4 is 0 Å². The first-order chi connectivity index (χ1) is 8.83. The largest absolute Gasteiger partial charge is 0.380 e. The first-order valence-corrected chi connectivity index (χ1v) is 6.82. The van der Waals surface area contributed by atoms with Gasteiger partial charge in [0.25, 0.3) is 0 Å². The lowest BCUT2D eigenvalue weighted by atomic mass is 10.0. The molecular formula is C15H29NO3. The minimum absolute atomic E-state index is 0.198. The van der Waals surface area contributed by atoms with Gasteiger partial charge in [-0.15, -0.1) is 6.42 Å². The van der Waals surface area contributed by atoms with Crippen LogP contribution in [0, 0.1) is 12.3 Å². The number of rotatable bonds is 11. The molecule has 0 fully saturated rings. The summed E-state index contributed by atoms with van der Waals surface area (Å²) in [6.07, 6.45) is 6.84. The van der Waals surface area contributed by atoms with Crippen molar-refractivity contribution in [2.24, 2.45) is 5.73 Å². The molecule has 0 bridgehead atoms. The Labute approximate surface area is 118 Å². The van der Waals surface area contributed by atoms with Crippen LogP contribution >= 0.6 is 0 Å². The lowest BCUT2D eigenvalue weighted by Crippen LogP contribution is -2.32. The molecule has 0 heterocycles. The van der Waals surface area contributed by atoms with Gasteiger partial charge in [0.1, 0.15) is 6.61 Å². The average molecular weight is 271 g/mol. The van der Waals surface area contributed by atoms with Crippen LogP contribution in [0.3, 0.4) is 0 Å². The van der Waals surface area contributed by atoms with E-state index in [1.807, 2.05) is 13.8 Å². The third kappa shape index (κ3) is 11.0. The third-order valence-corrected chi connectivity index (χ3v) is 2.85. The van der Waals surface area contributed by atoms with Gasteiger partial charge in [0, 0.05) is 13.2 Å². The van der Waals surface area contributed by atoms with Crippen LogP contribution in [0.5, 0.6) is 0 Å². The fourth-order valence-corrected chi connectivity index (χ4v) is 1.46. The van der Waals surface area contributed by atoms with E-state index >= 15 is 0 Å². The summed E-state index contributed by atoms with van der Waals surface area (Å²) in [7, 11) is 0. The molecule has 0 aliphatic heterocycles. The van der Waals surface area contributed by atoms with Crippen molar-refractivity contribution in [3.8, 4) is 12.3 Å². The lowest BCUT2D eigenvalue weighted by molar-refractivity contribution is -0.0744. The third-order valence-electron chi connectivity index (χ3n) is 2.85. The quantitative estimate of drug-likeness (QED) is 0.461. The SMILES string of the molecule is C#CCOC(C)(C)CCOC(C)(C)CCOCCN. The Morgan fingerprint density at radius 1 is 0.947 bits per heavy atom. The highest BCUT2D eigenvalue weighted by Gasteiger charge is 2.22. The van der Waals surface area contributed by atoms with E-state index in [2.05, 4.69) is 19.8 Å². The fourth-order valence-electron chi connectivity index (χ4n) is 1.46. The predicted octanol–water partition coefficient (Wildman–Crippen LogP) is 1.97. The maximum atomic E-state index is 5.88. The maximum absolute atomic E-state index is 5.88. The molecule has 0 unspecified atom stereocenters. The summed E-state index contributed by atoms with van der Waals surface area (Å²) in [6.45, 7) is 11.0. The second kappa shape index (κ2) is 9.33.